The Bertz CT molecular complexity index is 1590. The number of hydrogen-bond acceptors (Lipinski definition) is 6. The third-order valence-electron chi connectivity index (χ3n) is 7.20. The van der Waals surface area contributed by atoms with Gasteiger partial charge in [0.15, 0.2) is 10.1 Å². The number of halogens is 8. The highest BCUT2D eigenvalue weighted by Gasteiger charge is 2.88. The number of imide groups is 1. The van der Waals surface area contributed by atoms with Gasteiger partial charge in [-0.1, -0.05) is 81.7 Å². The number of carbonyl (C=O) groups is 4. The Labute approximate surface area is 270 Å². The van der Waals surface area contributed by atoms with Gasteiger partial charge in [-0.05, 0) is 18.2 Å². The summed E-state index contributed by atoms with van der Waals surface area (Å²) in [4.78, 5) is 61.1. The molecule has 0 radical (unpaired) electrons. The zero-order valence-electron chi connectivity index (χ0n) is 19.7. The van der Waals surface area contributed by atoms with Gasteiger partial charge in [-0.2, -0.15) is 5.01 Å². The van der Waals surface area contributed by atoms with Crippen LogP contribution >= 0.6 is 92.8 Å². The molecule has 17 heteroatoms. The molecule has 41 heavy (non-hydrogen) atoms. The summed E-state index contributed by atoms with van der Waals surface area (Å²) >= 11 is 51.2. The summed E-state index contributed by atoms with van der Waals surface area (Å²) in [6.07, 6.45) is 0. The van der Waals surface area contributed by atoms with Crippen LogP contribution < -0.4 is 0 Å². The largest absolute Gasteiger partial charge is 0.292 e. The lowest BCUT2D eigenvalue weighted by atomic mass is 9.84. The predicted molar refractivity (Wildman–Crippen MR) is 154 cm³/mol. The van der Waals surface area contributed by atoms with Gasteiger partial charge in [0, 0.05) is 23.3 Å². The normalized spacial score (nSPS) is 27.9. The molecule has 0 unspecified atom stereocenters. The molecule has 2 aromatic rings. The fourth-order valence-electron chi connectivity index (χ4n) is 5.25. The fraction of sp³-hybridized carbons (Fsp3) is 0.250. The molecule has 4 atom stereocenters. The van der Waals surface area contributed by atoms with E-state index in [9.17, 15) is 29.3 Å². The summed E-state index contributed by atoms with van der Waals surface area (Å²) in [5.74, 6) is -7.25. The molecule has 1 aliphatic heterocycles. The second kappa shape index (κ2) is 10.1. The number of hydrazine groups is 1. The number of amides is 3. The van der Waals surface area contributed by atoms with E-state index >= 15 is 0 Å². The maximum absolute atomic E-state index is 13.9. The van der Waals surface area contributed by atoms with Crippen molar-refractivity contribution < 1.29 is 24.1 Å². The number of carbonyl (C=O) groups excluding carboxylic acids is 4. The van der Waals surface area contributed by atoms with Gasteiger partial charge in [0.05, 0.1) is 36.9 Å². The van der Waals surface area contributed by atoms with Crippen LogP contribution in [0.1, 0.15) is 20.7 Å². The monoisotopic (exact) mass is 717 g/mol. The molecule has 2 aromatic carbocycles. The minimum atomic E-state index is -2.22. The standard InChI is InChI=1S/C24H11Cl8N3O6/c25-12-5-4-10(7-13(12)26)19(37)33(8-14(36)9-2-1-3-11(6-9)35(40)41)34-20(38)15-16(21(34)39)23(30)18(28)17(27)22(15,29)24(23,31)32/h1-7,15-16H,8H2/t15-,16+,22-,23-/m1/s1. The van der Waals surface area contributed by atoms with Crippen LogP contribution in [0.25, 0.3) is 0 Å². The van der Waals surface area contributed by atoms with Gasteiger partial charge in [-0.15, -0.1) is 23.2 Å². The average molecular weight is 721 g/mol. The Morgan fingerprint density at radius 1 is 0.854 bits per heavy atom. The summed E-state index contributed by atoms with van der Waals surface area (Å²) in [7, 11) is 0. The molecule has 5 rings (SSSR count). The highest BCUT2D eigenvalue weighted by molar-refractivity contribution is 6.66. The first-order valence-corrected chi connectivity index (χ1v) is 14.3. The van der Waals surface area contributed by atoms with Crippen LogP contribution in [0.5, 0.6) is 0 Å². The number of nitrogens with zero attached hydrogens (tertiary/aromatic N) is 3. The topological polar surface area (TPSA) is 118 Å². The molecule has 2 fully saturated rings. The molecular formula is C24H11Cl8N3O6. The number of nitro benzene ring substituents is 1. The first kappa shape index (κ1) is 30.6. The third kappa shape index (κ3) is 4.04. The first-order chi connectivity index (χ1) is 19.0. The second-order valence-electron chi connectivity index (χ2n) is 9.29. The molecule has 0 N–H and O–H groups in total. The lowest BCUT2D eigenvalue weighted by molar-refractivity contribution is -0.384. The van der Waals surface area contributed by atoms with E-state index in [2.05, 4.69) is 0 Å². The number of benzene rings is 2. The van der Waals surface area contributed by atoms with Crippen molar-refractivity contribution in [1.82, 2.24) is 10.0 Å². The number of allylic oxidation sites excluding steroid dienone is 2. The van der Waals surface area contributed by atoms with E-state index in [1.165, 1.54) is 24.3 Å². The summed E-state index contributed by atoms with van der Waals surface area (Å²) in [5, 5.41) is 11.6. The molecule has 1 heterocycles. The van der Waals surface area contributed by atoms with Gasteiger partial charge in [0.25, 0.3) is 23.4 Å². The van der Waals surface area contributed by atoms with Crippen molar-refractivity contribution in [2.75, 3.05) is 6.54 Å². The minimum Gasteiger partial charge on any atom is -0.292 e. The maximum atomic E-state index is 13.9. The van der Waals surface area contributed by atoms with Gasteiger partial charge in [-0.3, -0.25) is 29.3 Å². The summed E-state index contributed by atoms with van der Waals surface area (Å²) < 4.78 is -2.22. The molecule has 0 spiro atoms. The summed E-state index contributed by atoms with van der Waals surface area (Å²) in [6.45, 7) is -0.927. The smallest absolute Gasteiger partial charge is 0.273 e. The fourth-order valence-corrected chi connectivity index (χ4v) is 8.48. The number of non-ortho nitro benzene ring substituents is 1. The Morgan fingerprint density at radius 3 is 1.93 bits per heavy atom. The van der Waals surface area contributed by atoms with E-state index in [4.69, 9.17) is 92.8 Å². The molecule has 9 nitrogen and oxygen atoms in total. The van der Waals surface area contributed by atoms with Gasteiger partial charge in [0.2, 0.25) is 0 Å². The predicted octanol–water partition coefficient (Wildman–Crippen LogP) is 6.59. The average Bonchev–Trinajstić information content (AvgIpc) is 3.31. The van der Waals surface area contributed by atoms with Crippen LogP contribution in [0.2, 0.25) is 10.0 Å². The van der Waals surface area contributed by atoms with Gasteiger partial charge in [-0.25, -0.2) is 5.01 Å². The van der Waals surface area contributed by atoms with Crippen LogP contribution in [0, 0.1) is 22.0 Å². The van der Waals surface area contributed by atoms with Gasteiger partial charge >= 0.3 is 0 Å². The molecule has 1 saturated heterocycles. The molecule has 214 valence electrons. The van der Waals surface area contributed by atoms with E-state index in [1.807, 2.05) is 0 Å². The molecule has 2 aliphatic carbocycles. The SMILES string of the molecule is O=C(CN(C(=O)c1ccc(Cl)c(Cl)c1)N1C(=O)[C@@H]2[C@H](C1=O)[C@@]1(Cl)C(Cl)=C(Cl)[C@@]2(Cl)C1(Cl)Cl)c1cccc([N+](=O)[O-])c1. The van der Waals surface area contributed by atoms with Crippen LogP contribution in [-0.2, 0) is 9.59 Å². The van der Waals surface area contributed by atoms with Crippen molar-refractivity contribution >= 4 is 122 Å². The van der Waals surface area contributed by atoms with Crippen molar-refractivity contribution in [3.8, 4) is 0 Å². The molecule has 3 aliphatic rings. The van der Waals surface area contributed by atoms with Gasteiger partial charge in [0.1, 0.15) is 16.3 Å². The van der Waals surface area contributed by atoms with Crippen LogP contribution in [0.3, 0.4) is 0 Å². The number of nitro groups is 1. The van der Waals surface area contributed by atoms with Crippen molar-refractivity contribution in [3.63, 3.8) is 0 Å². The Kier molecular flexibility index (Phi) is 7.57. The first-order valence-electron chi connectivity index (χ1n) is 11.3. The molecule has 0 aromatic heterocycles. The number of Topliss-reactive ketones (excluding diaryl/α,β-unsaturated/α-hetero) is 1. The third-order valence-corrected chi connectivity index (χ3v) is 12.2. The van der Waals surface area contributed by atoms with E-state index in [0.29, 0.717) is 10.0 Å². The minimum absolute atomic E-state index is 0.0345. The highest BCUT2D eigenvalue weighted by Crippen LogP contribution is 2.77. The van der Waals surface area contributed by atoms with Crippen LogP contribution in [-0.4, -0.2) is 59.1 Å². The summed E-state index contributed by atoms with van der Waals surface area (Å²) in [5.41, 5.74) is -0.741. The zero-order valence-corrected chi connectivity index (χ0v) is 25.8. The lowest BCUT2D eigenvalue weighted by Crippen LogP contribution is -2.56. The van der Waals surface area contributed by atoms with Crippen molar-refractivity contribution in [2.24, 2.45) is 11.8 Å². The molecule has 3 amide bonds. The number of ketones is 1. The number of fused-ring (bicyclic) bond motifs is 5. The second-order valence-corrected chi connectivity index (χ2v) is 13.4. The van der Waals surface area contributed by atoms with E-state index in [-0.39, 0.29) is 31.2 Å². The van der Waals surface area contributed by atoms with Crippen LogP contribution in [0.4, 0.5) is 5.69 Å². The Morgan fingerprint density at radius 2 is 1.41 bits per heavy atom. The van der Waals surface area contributed by atoms with E-state index < -0.39 is 66.6 Å². The van der Waals surface area contributed by atoms with Gasteiger partial charge < -0.3 is 0 Å². The number of hydrogen-bond donors (Lipinski definition) is 0. The quantitative estimate of drug-likeness (QED) is 0.109. The summed E-state index contributed by atoms with van der Waals surface area (Å²) in [6, 6.07) is 8.37. The Hall–Kier alpha value is -1.82. The molecular weight excluding hydrogens is 710 g/mol. The number of alkyl halides is 4. The zero-order chi connectivity index (χ0) is 30.4. The lowest BCUT2D eigenvalue weighted by Gasteiger charge is -2.36. The van der Waals surface area contributed by atoms with Crippen molar-refractivity contribution in [2.45, 2.75) is 14.1 Å². The van der Waals surface area contributed by atoms with Crippen molar-refractivity contribution in [3.05, 3.63) is 83.8 Å². The van der Waals surface area contributed by atoms with E-state index in [1.54, 1.807) is 0 Å². The van der Waals surface area contributed by atoms with E-state index in [0.717, 1.165) is 18.2 Å². The van der Waals surface area contributed by atoms with Crippen molar-refractivity contribution in [1.29, 1.82) is 0 Å². The molecule has 1 saturated carbocycles. The highest BCUT2D eigenvalue weighted by atomic mass is 35.5. The number of rotatable bonds is 6. The Balaban J connectivity index is 1.61. The maximum Gasteiger partial charge on any atom is 0.273 e. The van der Waals surface area contributed by atoms with Crippen LogP contribution in [0.15, 0.2) is 52.5 Å². The molecule has 2 bridgehead atoms.